The second-order valence-electron chi connectivity index (χ2n) is 6.47. The highest BCUT2D eigenvalue weighted by Gasteiger charge is 2.31. The molecule has 1 N–H and O–H groups in total. The van der Waals surface area contributed by atoms with Gasteiger partial charge in [-0.2, -0.15) is 0 Å². The summed E-state index contributed by atoms with van der Waals surface area (Å²) in [6.07, 6.45) is 1.23. The molecule has 3 rings (SSSR count). The summed E-state index contributed by atoms with van der Waals surface area (Å²) >= 11 is 11.8. The number of carbonyl (C=O) groups is 2. The number of halogens is 2. The quantitative estimate of drug-likeness (QED) is 0.840. The van der Waals surface area contributed by atoms with E-state index in [0.29, 0.717) is 35.9 Å². The molecule has 1 saturated heterocycles. The van der Waals surface area contributed by atoms with Crippen molar-refractivity contribution in [3.63, 3.8) is 0 Å². The van der Waals surface area contributed by atoms with Crippen molar-refractivity contribution >= 4 is 34.9 Å². The van der Waals surface area contributed by atoms with Gasteiger partial charge >= 0.3 is 0 Å². The molecule has 25 heavy (non-hydrogen) atoms. The Balaban J connectivity index is 1.69. The fourth-order valence-corrected chi connectivity index (χ4v) is 3.59. The number of rotatable bonds is 5. The predicted molar refractivity (Wildman–Crippen MR) is 100 cm³/mol. The van der Waals surface area contributed by atoms with Crippen LogP contribution in [0.3, 0.4) is 0 Å². The highest BCUT2D eigenvalue weighted by atomic mass is 35.5. The molecule has 5 heteroatoms. The maximum absolute atomic E-state index is 12.5. The van der Waals surface area contributed by atoms with Crippen LogP contribution in [0.1, 0.15) is 29.9 Å². The van der Waals surface area contributed by atoms with Crippen molar-refractivity contribution in [2.45, 2.75) is 25.2 Å². The minimum absolute atomic E-state index is 0.0290. The number of Topliss-reactive ketones (excluding diaryl/α,β-unsaturated/α-hetero) is 1. The topological polar surface area (TPSA) is 46.2 Å². The lowest BCUT2D eigenvalue weighted by Gasteiger charge is -2.31. The molecule has 3 nitrogen and oxygen atoms in total. The number of ketones is 1. The number of amides is 1. The summed E-state index contributed by atoms with van der Waals surface area (Å²) in [6.45, 7) is 0.526. The Labute approximate surface area is 157 Å². The molecule has 1 aliphatic heterocycles. The Kier molecular flexibility index (Phi) is 5.77. The first-order valence-corrected chi connectivity index (χ1v) is 9.05. The molecule has 0 radical (unpaired) electrons. The first-order valence-electron chi connectivity index (χ1n) is 8.29. The maximum Gasteiger partial charge on any atom is 0.220 e. The predicted octanol–water partition coefficient (Wildman–Crippen LogP) is 4.42. The molecular weight excluding hydrogens is 357 g/mol. The van der Waals surface area contributed by atoms with Crippen LogP contribution < -0.4 is 5.32 Å². The average Bonchev–Trinajstić information content (AvgIpc) is 2.59. The van der Waals surface area contributed by atoms with Crippen LogP contribution in [-0.2, 0) is 16.0 Å². The summed E-state index contributed by atoms with van der Waals surface area (Å²) in [5.41, 5.74) is 2.01. The molecule has 2 aromatic rings. The highest BCUT2D eigenvalue weighted by molar-refractivity contribution is 6.30. The summed E-state index contributed by atoms with van der Waals surface area (Å²) in [5, 5.41) is 4.21. The van der Waals surface area contributed by atoms with Gasteiger partial charge in [-0.05, 0) is 47.2 Å². The van der Waals surface area contributed by atoms with Gasteiger partial charge in [-0.15, -0.1) is 0 Å². The van der Waals surface area contributed by atoms with Gasteiger partial charge in [0.05, 0.1) is 0 Å². The van der Waals surface area contributed by atoms with Gasteiger partial charge in [0, 0.05) is 35.9 Å². The first-order chi connectivity index (χ1) is 12.0. The van der Waals surface area contributed by atoms with E-state index in [-0.39, 0.29) is 23.5 Å². The largest absolute Gasteiger partial charge is 0.356 e. The van der Waals surface area contributed by atoms with Crippen molar-refractivity contribution in [2.75, 3.05) is 6.54 Å². The fraction of sp³-hybridized carbons (Fsp3) is 0.300. The zero-order valence-electron chi connectivity index (χ0n) is 13.7. The second kappa shape index (κ2) is 8.03. The summed E-state index contributed by atoms with van der Waals surface area (Å²) in [7, 11) is 0. The van der Waals surface area contributed by atoms with Crippen molar-refractivity contribution in [3.8, 4) is 0 Å². The van der Waals surface area contributed by atoms with Crippen molar-refractivity contribution < 1.29 is 9.59 Å². The summed E-state index contributed by atoms with van der Waals surface area (Å²) in [6, 6.07) is 14.9. The van der Waals surface area contributed by atoms with Crippen LogP contribution in [-0.4, -0.2) is 18.2 Å². The van der Waals surface area contributed by atoms with Gasteiger partial charge in [-0.3, -0.25) is 9.59 Å². The van der Waals surface area contributed by atoms with Crippen molar-refractivity contribution in [3.05, 3.63) is 69.7 Å². The summed E-state index contributed by atoms with van der Waals surface area (Å²) in [4.78, 5) is 24.3. The number of nitrogens with one attached hydrogen (secondary N) is 1. The van der Waals surface area contributed by atoms with Crippen LogP contribution >= 0.6 is 23.2 Å². The van der Waals surface area contributed by atoms with Gasteiger partial charge in [0.15, 0.2) is 0 Å². The van der Waals surface area contributed by atoms with E-state index in [0.717, 1.165) is 11.1 Å². The second-order valence-corrected chi connectivity index (χ2v) is 7.35. The van der Waals surface area contributed by atoms with E-state index in [1.807, 2.05) is 36.4 Å². The molecule has 0 aliphatic carbocycles. The van der Waals surface area contributed by atoms with E-state index < -0.39 is 0 Å². The third-order valence-corrected chi connectivity index (χ3v) is 5.14. The van der Waals surface area contributed by atoms with Crippen LogP contribution in [0.25, 0.3) is 0 Å². The van der Waals surface area contributed by atoms with Gasteiger partial charge in [-0.1, -0.05) is 47.5 Å². The van der Waals surface area contributed by atoms with Crippen LogP contribution in [0, 0.1) is 5.92 Å². The van der Waals surface area contributed by atoms with E-state index in [1.165, 1.54) is 0 Å². The Bertz CT molecular complexity index is 756. The normalized spacial score (nSPS) is 20.2. The SMILES string of the molecule is O=C(Cc1ccc(Cl)cc1)CC1CNC(=O)CC1c1ccc(Cl)cc1. The van der Waals surface area contributed by atoms with Crippen LogP contribution in [0.4, 0.5) is 0 Å². The van der Waals surface area contributed by atoms with Crippen LogP contribution in [0.5, 0.6) is 0 Å². The molecule has 1 heterocycles. The molecule has 1 fully saturated rings. The van der Waals surface area contributed by atoms with Gasteiger partial charge < -0.3 is 5.32 Å². The Morgan fingerprint density at radius 1 is 1.00 bits per heavy atom. The maximum atomic E-state index is 12.5. The molecule has 0 bridgehead atoms. The highest BCUT2D eigenvalue weighted by Crippen LogP contribution is 2.33. The molecule has 1 amide bonds. The van der Waals surface area contributed by atoms with Crippen molar-refractivity contribution in [1.82, 2.24) is 5.32 Å². The molecule has 2 unspecified atom stereocenters. The number of hydrogen-bond donors (Lipinski definition) is 1. The average molecular weight is 376 g/mol. The molecule has 0 aromatic heterocycles. The number of piperidine rings is 1. The van der Waals surface area contributed by atoms with Crippen molar-refractivity contribution in [2.24, 2.45) is 5.92 Å². The molecule has 2 aromatic carbocycles. The Morgan fingerprint density at radius 2 is 1.60 bits per heavy atom. The molecule has 0 saturated carbocycles. The number of carbonyl (C=O) groups excluding carboxylic acids is 2. The standard InChI is InChI=1S/C20H19Cl2NO2/c21-16-5-1-13(2-6-16)9-18(24)10-15-12-23-20(25)11-19(15)14-3-7-17(22)8-4-14/h1-8,15,19H,9-12H2,(H,23,25). The molecular formula is C20H19Cl2NO2. The van der Waals surface area contributed by atoms with E-state index in [9.17, 15) is 9.59 Å². The fourth-order valence-electron chi connectivity index (χ4n) is 3.33. The Morgan fingerprint density at radius 3 is 2.24 bits per heavy atom. The first kappa shape index (κ1) is 18.0. The van der Waals surface area contributed by atoms with Crippen LogP contribution in [0.2, 0.25) is 10.0 Å². The minimum Gasteiger partial charge on any atom is -0.356 e. The van der Waals surface area contributed by atoms with Crippen LogP contribution in [0.15, 0.2) is 48.5 Å². The van der Waals surface area contributed by atoms with Crippen molar-refractivity contribution in [1.29, 1.82) is 0 Å². The smallest absolute Gasteiger partial charge is 0.220 e. The van der Waals surface area contributed by atoms with E-state index in [2.05, 4.69) is 5.32 Å². The number of hydrogen-bond acceptors (Lipinski definition) is 2. The lowest BCUT2D eigenvalue weighted by molar-refractivity contribution is -0.125. The molecule has 130 valence electrons. The molecule has 2 atom stereocenters. The Hall–Kier alpha value is -1.84. The summed E-state index contributed by atoms with van der Waals surface area (Å²) < 4.78 is 0. The zero-order valence-corrected chi connectivity index (χ0v) is 15.2. The van der Waals surface area contributed by atoms with Gasteiger partial charge in [0.2, 0.25) is 5.91 Å². The summed E-state index contributed by atoms with van der Waals surface area (Å²) in [5.74, 6) is 0.336. The van der Waals surface area contributed by atoms with E-state index in [1.54, 1.807) is 12.1 Å². The number of benzene rings is 2. The third-order valence-electron chi connectivity index (χ3n) is 4.64. The zero-order chi connectivity index (χ0) is 17.8. The van der Waals surface area contributed by atoms with Gasteiger partial charge in [-0.25, -0.2) is 0 Å². The monoisotopic (exact) mass is 375 g/mol. The lowest BCUT2D eigenvalue weighted by atomic mass is 9.78. The molecule has 0 spiro atoms. The molecule has 1 aliphatic rings. The van der Waals surface area contributed by atoms with Gasteiger partial charge in [0.25, 0.3) is 0 Å². The minimum atomic E-state index is 0.0290. The third kappa shape index (κ3) is 4.83. The van der Waals surface area contributed by atoms with E-state index in [4.69, 9.17) is 23.2 Å². The lowest BCUT2D eigenvalue weighted by Crippen LogP contribution is -2.40. The van der Waals surface area contributed by atoms with Gasteiger partial charge in [0.1, 0.15) is 5.78 Å². The van der Waals surface area contributed by atoms with E-state index >= 15 is 0 Å².